The van der Waals surface area contributed by atoms with Crippen molar-refractivity contribution in [3.63, 3.8) is 0 Å². The molecule has 0 spiro atoms. The molecule has 84 valence electrons. The first-order valence-corrected chi connectivity index (χ1v) is 6.43. The highest BCUT2D eigenvalue weighted by Crippen LogP contribution is 2.20. The first kappa shape index (κ1) is 11.4. The van der Waals surface area contributed by atoms with E-state index in [4.69, 9.17) is 0 Å². The Morgan fingerprint density at radius 3 is 2.44 bits per heavy atom. The van der Waals surface area contributed by atoms with Gasteiger partial charge in [-0.2, -0.15) is 0 Å². The van der Waals surface area contributed by atoms with Crippen LogP contribution in [0.5, 0.6) is 0 Å². The highest BCUT2D eigenvalue weighted by Gasteiger charge is 2.02. The van der Waals surface area contributed by atoms with Crippen LogP contribution in [0.2, 0.25) is 0 Å². The van der Waals surface area contributed by atoms with E-state index in [2.05, 4.69) is 54.9 Å². The summed E-state index contributed by atoms with van der Waals surface area (Å²) in [4.78, 5) is 1.43. The van der Waals surface area contributed by atoms with Gasteiger partial charge in [0.2, 0.25) is 0 Å². The van der Waals surface area contributed by atoms with Crippen LogP contribution >= 0.6 is 11.3 Å². The van der Waals surface area contributed by atoms with E-state index in [1.165, 1.54) is 21.6 Å². The van der Waals surface area contributed by atoms with Gasteiger partial charge in [0, 0.05) is 18.0 Å². The summed E-state index contributed by atoms with van der Waals surface area (Å²) < 4.78 is 0. The quantitative estimate of drug-likeness (QED) is 0.847. The Bertz CT molecular complexity index is 445. The minimum atomic E-state index is 0.940. The molecule has 1 aromatic heterocycles. The molecule has 0 radical (unpaired) electrons. The van der Waals surface area contributed by atoms with Crippen LogP contribution in [-0.4, -0.2) is 0 Å². The van der Waals surface area contributed by atoms with E-state index in [-0.39, 0.29) is 0 Å². The summed E-state index contributed by atoms with van der Waals surface area (Å²) in [5.41, 5.74) is 4.20. The maximum atomic E-state index is 3.48. The average molecular weight is 231 g/mol. The van der Waals surface area contributed by atoms with Gasteiger partial charge in [-0.15, -0.1) is 11.3 Å². The highest BCUT2D eigenvalue weighted by atomic mass is 32.1. The predicted molar refractivity (Wildman–Crippen MR) is 70.8 cm³/mol. The molecule has 0 aliphatic rings. The molecule has 0 amide bonds. The average Bonchev–Trinajstić information content (AvgIpc) is 2.62. The monoisotopic (exact) mass is 231 g/mol. The number of hydrogen-bond donors (Lipinski definition) is 1. The summed E-state index contributed by atoms with van der Waals surface area (Å²) in [7, 11) is 0. The van der Waals surface area contributed by atoms with E-state index >= 15 is 0 Å². The Morgan fingerprint density at radius 2 is 1.81 bits per heavy atom. The largest absolute Gasteiger partial charge is 0.309 e. The number of thiophene rings is 1. The second-order valence-electron chi connectivity index (χ2n) is 4.03. The highest BCUT2D eigenvalue weighted by molar-refractivity contribution is 7.10. The van der Waals surface area contributed by atoms with Gasteiger partial charge in [0.1, 0.15) is 0 Å². The number of aryl methyl sites for hydroxylation is 1. The summed E-state index contributed by atoms with van der Waals surface area (Å²) >= 11 is 1.84. The number of benzene rings is 1. The third-order valence-electron chi connectivity index (χ3n) is 2.88. The molecule has 2 rings (SSSR count). The molecule has 0 saturated heterocycles. The van der Waals surface area contributed by atoms with E-state index in [9.17, 15) is 0 Å². The predicted octanol–water partition coefficient (Wildman–Crippen LogP) is 3.65. The zero-order valence-corrected chi connectivity index (χ0v) is 10.6. The standard InChI is InChI=1S/C14H17NS/c1-11-12(2)16-10-14(11)9-15-8-13-6-4-3-5-7-13/h3-7,10,15H,8-9H2,1-2H3. The fourth-order valence-electron chi connectivity index (χ4n) is 1.67. The van der Waals surface area contributed by atoms with E-state index < -0.39 is 0 Å². The third-order valence-corrected chi connectivity index (χ3v) is 3.94. The minimum Gasteiger partial charge on any atom is -0.309 e. The Morgan fingerprint density at radius 1 is 1.06 bits per heavy atom. The Hall–Kier alpha value is -1.12. The first-order valence-electron chi connectivity index (χ1n) is 5.55. The van der Waals surface area contributed by atoms with Crippen LogP contribution in [0.25, 0.3) is 0 Å². The Labute approximate surface area is 101 Å². The lowest BCUT2D eigenvalue weighted by molar-refractivity contribution is 0.692. The SMILES string of the molecule is Cc1scc(CNCc2ccccc2)c1C. The molecule has 0 unspecified atom stereocenters. The summed E-state index contributed by atoms with van der Waals surface area (Å²) in [6.45, 7) is 6.28. The Balaban J connectivity index is 1.87. The molecule has 1 nitrogen and oxygen atoms in total. The van der Waals surface area contributed by atoms with Gasteiger partial charge in [-0.3, -0.25) is 0 Å². The number of hydrogen-bond acceptors (Lipinski definition) is 2. The number of rotatable bonds is 4. The molecule has 1 heterocycles. The van der Waals surface area contributed by atoms with Gasteiger partial charge in [-0.25, -0.2) is 0 Å². The lowest BCUT2D eigenvalue weighted by Gasteiger charge is -2.04. The summed E-state index contributed by atoms with van der Waals surface area (Å²) in [5.74, 6) is 0. The molecule has 0 saturated carbocycles. The molecular formula is C14H17NS. The minimum absolute atomic E-state index is 0.940. The van der Waals surface area contributed by atoms with E-state index in [0.717, 1.165) is 13.1 Å². The van der Waals surface area contributed by atoms with Gasteiger partial charge in [-0.1, -0.05) is 30.3 Å². The molecule has 1 N–H and O–H groups in total. The van der Waals surface area contributed by atoms with Crippen LogP contribution < -0.4 is 5.32 Å². The van der Waals surface area contributed by atoms with E-state index in [1.54, 1.807) is 0 Å². The third kappa shape index (κ3) is 2.71. The zero-order chi connectivity index (χ0) is 11.4. The van der Waals surface area contributed by atoms with Crippen LogP contribution in [0, 0.1) is 13.8 Å². The molecule has 2 aromatic rings. The molecule has 16 heavy (non-hydrogen) atoms. The van der Waals surface area contributed by atoms with Crippen LogP contribution in [0.4, 0.5) is 0 Å². The zero-order valence-electron chi connectivity index (χ0n) is 9.79. The van der Waals surface area contributed by atoms with Gasteiger partial charge < -0.3 is 5.32 Å². The summed E-state index contributed by atoms with van der Waals surface area (Å²) in [6.07, 6.45) is 0. The van der Waals surface area contributed by atoms with Crippen molar-refractivity contribution in [2.24, 2.45) is 0 Å². The summed E-state index contributed by atoms with van der Waals surface area (Å²) in [5, 5.41) is 5.73. The smallest absolute Gasteiger partial charge is 0.0219 e. The van der Waals surface area contributed by atoms with Gasteiger partial charge >= 0.3 is 0 Å². The first-order chi connectivity index (χ1) is 7.77. The fourth-order valence-corrected chi connectivity index (χ4v) is 2.56. The lowest BCUT2D eigenvalue weighted by atomic mass is 10.1. The van der Waals surface area contributed by atoms with Crippen LogP contribution in [0.15, 0.2) is 35.7 Å². The molecule has 2 heteroatoms. The molecule has 1 aromatic carbocycles. The lowest BCUT2D eigenvalue weighted by Crippen LogP contribution is -2.12. The van der Waals surface area contributed by atoms with Crippen molar-refractivity contribution in [3.8, 4) is 0 Å². The molecule has 0 aliphatic heterocycles. The Kier molecular flexibility index (Phi) is 3.75. The van der Waals surface area contributed by atoms with Gasteiger partial charge in [0.25, 0.3) is 0 Å². The van der Waals surface area contributed by atoms with E-state index in [1.807, 2.05) is 11.3 Å². The van der Waals surface area contributed by atoms with Crippen molar-refractivity contribution in [3.05, 3.63) is 57.3 Å². The maximum absolute atomic E-state index is 3.48. The second-order valence-corrected chi connectivity index (χ2v) is 5.12. The van der Waals surface area contributed by atoms with E-state index in [0.29, 0.717) is 0 Å². The van der Waals surface area contributed by atoms with Gasteiger partial charge in [0.05, 0.1) is 0 Å². The normalized spacial score (nSPS) is 10.6. The molecular weight excluding hydrogens is 214 g/mol. The topological polar surface area (TPSA) is 12.0 Å². The van der Waals surface area contributed by atoms with Crippen LogP contribution in [0.1, 0.15) is 21.6 Å². The van der Waals surface area contributed by atoms with Crippen molar-refractivity contribution in [2.45, 2.75) is 26.9 Å². The number of nitrogens with one attached hydrogen (secondary N) is 1. The molecule has 0 bridgehead atoms. The fraction of sp³-hybridized carbons (Fsp3) is 0.286. The maximum Gasteiger partial charge on any atom is 0.0219 e. The van der Waals surface area contributed by atoms with Crippen LogP contribution in [0.3, 0.4) is 0 Å². The van der Waals surface area contributed by atoms with Gasteiger partial charge in [0.15, 0.2) is 0 Å². The van der Waals surface area contributed by atoms with Crippen molar-refractivity contribution in [1.82, 2.24) is 5.32 Å². The van der Waals surface area contributed by atoms with Crippen molar-refractivity contribution in [1.29, 1.82) is 0 Å². The van der Waals surface area contributed by atoms with Crippen molar-refractivity contribution >= 4 is 11.3 Å². The second kappa shape index (κ2) is 5.28. The summed E-state index contributed by atoms with van der Waals surface area (Å²) in [6, 6.07) is 10.5. The van der Waals surface area contributed by atoms with Gasteiger partial charge in [-0.05, 0) is 35.9 Å². The van der Waals surface area contributed by atoms with Crippen molar-refractivity contribution < 1.29 is 0 Å². The van der Waals surface area contributed by atoms with Crippen molar-refractivity contribution in [2.75, 3.05) is 0 Å². The molecule has 0 atom stereocenters. The molecule has 0 aliphatic carbocycles. The van der Waals surface area contributed by atoms with Crippen LogP contribution in [-0.2, 0) is 13.1 Å². The molecule has 0 fully saturated rings.